The molecule has 0 bridgehead atoms. The van der Waals surface area contributed by atoms with Crippen LogP contribution in [0.1, 0.15) is 28.4 Å². The van der Waals surface area contributed by atoms with Crippen molar-refractivity contribution in [1.82, 2.24) is 24.4 Å². The van der Waals surface area contributed by atoms with E-state index in [1.807, 2.05) is 0 Å². The molecule has 49 heavy (non-hydrogen) atoms. The standard InChI is InChI=1S/C32H32F4N6O7/c1-5-49-30(45)22(39-28(43)26-17(2)10-19(12-21(26)33)41-8-9-48-16-24(41)32(34,35)36)11-18-6-7-25(37-14-18)42-29(44)27-23(40(3)31(42)46)13-20(47-4)15-38-27/h6-7,10,12-15,22,24H,5,8-9,11,16H2,1-4H3,(H,39,43)/t22-,24+/m0/s1. The van der Waals surface area contributed by atoms with Gasteiger partial charge in [0, 0.05) is 38.0 Å². The lowest BCUT2D eigenvalue weighted by atomic mass is 10.0. The lowest BCUT2D eigenvalue weighted by Gasteiger charge is -2.38. The van der Waals surface area contributed by atoms with E-state index >= 15 is 4.39 Å². The number of anilines is 1. The number of esters is 1. The van der Waals surface area contributed by atoms with E-state index in [0.717, 1.165) is 15.5 Å². The molecular formula is C32H32F4N6O7. The maximum absolute atomic E-state index is 15.4. The van der Waals surface area contributed by atoms with Crippen LogP contribution in [0.5, 0.6) is 5.75 Å². The first-order chi connectivity index (χ1) is 23.2. The number of fused-ring (bicyclic) bond motifs is 1. The quantitative estimate of drug-likeness (QED) is 0.206. The van der Waals surface area contributed by atoms with Crippen LogP contribution in [0.2, 0.25) is 0 Å². The normalized spacial score (nSPS) is 15.6. The number of morpholine rings is 1. The number of hydrogen-bond donors (Lipinski definition) is 1. The second-order valence-corrected chi connectivity index (χ2v) is 11.2. The number of alkyl halides is 3. The summed E-state index contributed by atoms with van der Waals surface area (Å²) in [7, 11) is 2.88. The van der Waals surface area contributed by atoms with Gasteiger partial charge in [0.25, 0.3) is 11.5 Å². The van der Waals surface area contributed by atoms with Crippen LogP contribution in [0.15, 0.2) is 52.3 Å². The van der Waals surface area contributed by atoms with Crippen LogP contribution in [0.25, 0.3) is 16.9 Å². The molecule has 1 amide bonds. The van der Waals surface area contributed by atoms with Crippen molar-refractivity contribution < 1.29 is 41.4 Å². The SMILES string of the molecule is CCOC(=O)[C@H](Cc1ccc(-n2c(=O)c3ncc(OC)cc3n(C)c2=O)nc1)NC(=O)c1c(C)cc(N2CCOC[C@@H]2C(F)(F)F)cc1F. The molecule has 17 heteroatoms. The molecule has 1 fully saturated rings. The van der Waals surface area contributed by atoms with Gasteiger partial charge in [0.1, 0.15) is 29.5 Å². The molecule has 1 saturated heterocycles. The molecule has 1 aliphatic rings. The minimum atomic E-state index is -4.63. The lowest BCUT2D eigenvalue weighted by molar-refractivity contribution is -0.167. The van der Waals surface area contributed by atoms with Crippen LogP contribution >= 0.6 is 0 Å². The maximum atomic E-state index is 15.4. The summed E-state index contributed by atoms with van der Waals surface area (Å²) >= 11 is 0. The van der Waals surface area contributed by atoms with Crippen LogP contribution in [-0.4, -0.2) is 82.7 Å². The van der Waals surface area contributed by atoms with E-state index in [2.05, 4.69) is 15.3 Å². The number of nitrogens with zero attached hydrogens (tertiary/aromatic N) is 5. The van der Waals surface area contributed by atoms with Crippen LogP contribution in [0.3, 0.4) is 0 Å². The molecule has 4 aromatic rings. The summed E-state index contributed by atoms with van der Waals surface area (Å²) in [5.41, 5.74) is -1.26. The number of carbonyl (C=O) groups is 2. The van der Waals surface area contributed by atoms with E-state index < -0.39 is 59.4 Å². The van der Waals surface area contributed by atoms with Crippen molar-refractivity contribution in [3.8, 4) is 11.6 Å². The predicted octanol–water partition coefficient (Wildman–Crippen LogP) is 2.61. The topological polar surface area (TPSA) is 147 Å². The summed E-state index contributed by atoms with van der Waals surface area (Å²) in [6.45, 7) is 2.15. The summed E-state index contributed by atoms with van der Waals surface area (Å²) in [6, 6.07) is 3.16. The van der Waals surface area contributed by atoms with Crippen molar-refractivity contribution in [3.05, 3.63) is 86.1 Å². The van der Waals surface area contributed by atoms with E-state index in [4.69, 9.17) is 14.2 Å². The van der Waals surface area contributed by atoms with Gasteiger partial charge >= 0.3 is 17.8 Å². The van der Waals surface area contributed by atoms with Gasteiger partial charge < -0.3 is 24.4 Å². The van der Waals surface area contributed by atoms with Crippen LogP contribution < -0.4 is 26.2 Å². The highest BCUT2D eigenvalue weighted by Crippen LogP contribution is 2.33. The van der Waals surface area contributed by atoms with E-state index in [1.165, 1.54) is 62.3 Å². The second kappa shape index (κ2) is 14.0. The van der Waals surface area contributed by atoms with Crippen LogP contribution in [0, 0.1) is 12.7 Å². The Kier molecular flexibility index (Phi) is 10.0. The number of hydrogen-bond acceptors (Lipinski definition) is 10. The molecule has 0 spiro atoms. The zero-order chi connectivity index (χ0) is 35.6. The second-order valence-electron chi connectivity index (χ2n) is 11.2. The molecule has 0 unspecified atom stereocenters. The third-order valence-electron chi connectivity index (χ3n) is 8.02. The molecule has 1 aliphatic heterocycles. The Labute approximate surface area is 276 Å². The maximum Gasteiger partial charge on any atom is 0.411 e. The van der Waals surface area contributed by atoms with Gasteiger partial charge in [-0.25, -0.2) is 28.5 Å². The zero-order valence-corrected chi connectivity index (χ0v) is 26.8. The molecule has 13 nitrogen and oxygen atoms in total. The first-order valence-electron chi connectivity index (χ1n) is 15.0. The van der Waals surface area contributed by atoms with Gasteiger partial charge in [-0.15, -0.1) is 0 Å². The Morgan fingerprint density at radius 2 is 1.90 bits per heavy atom. The third-order valence-corrected chi connectivity index (χ3v) is 8.02. The van der Waals surface area contributed by atoms with Crippen molar-refractivity contribution in [2.24, 2.45) is 7.05 Å². The molecule has 0 aliphatic carbocycles. The number of halogens is 4. The van der Waals surface area contributed by atoms with E-state index in [-0.39, 0.29) is 54.3 Å². The van der Waals surface area contributed by atoms with Gasteiger partial charge in [0.2, 0.25) is 0 Å². The molecule has 2 atom stereocenters. The number of rotatable bonds is 9. The summed E-state index contributed by atoms with van der Waals surface area (Å²) in [6.07, 6.45) is -2.17. The fourth-order valence-electron chi connectivity index (χ4n) is 5.55. The highest BCUT2D eigenvalue weighted by molar-refractivity contribution is 5.98. The Morgan fingerprint density at radius 3 is 2.53 bits per heavy atom. The van der Waals surface area contributed by atoms with Crippen molar-refractivity contribution in [2.75, 3.05) is 38.4 Å². The van der Waals surface area contributed by atoms with Gasteiger partial charge in [0.15, 0.2) is 5.52 Å². The van der Waals surface area contributed by atoms with Crippen molar-refractivity contribution in [3.63, 3.8) is 0 Å². The summed E-state index contributed by atoms with van der Waals surface area (Å²) in [5.74, 6) is -2.58. The molecule has 4 heterocycles. The van der Waals surface area contributed by atoms with Crippen molar-refractivity contribution in [1.29, 1.82) is 0 Å². The molecule has 5 rings (SSSR count). The predicted molar refractivity (Wildman–Crippen MR) is 168 cm³/mol. The highest BCUT2D eigenvalue weighted by Gasteiger charge is 2.45. The van der Waals surface area contributed by atoms with Crippen molar-refractivity contribution in [2.45, 2.75) is 38.5 Å². The Morgan fingerprint density at radius 1 is 1.14 bits per heavy atom. The van der Waals surface area contributed by atoms with Gasteiger partial charge in [-0.2, -0.15) is 13.2 Å². The van der Waals surface area contributed by atoms with E-state index in [1.54, 1.807) is 6.92 Å². The number of aromatic nitrogens is 4. The Balaban J connectivity index is 1.39. The number of nitrogens with one attached hydrogen (secondary N) is 1. The number of pyridine rings is 2. The number of ether oxygens (including phenoxy) is 3. The highest BCUT2D eigenvalue weighted by atomic mass is 19.4. The first kappa shape index (κ1) is 35.0. The molecule has 1 N–H and O–H groups in total. The molecule has 0 radical (unpaired) electrons. The molecule has 1 aromatic carbocycles. The Hall–Kier alpha value is -5.32. The molecule has 0 saturated carbocycles. The fraction of sp³-hybridized carbons (Fsp3) is 0.375. The zero-order valence-electron chi connectivity index (χ0n) is 26.8. The van der Waals surface area contributed by atoms with Crippen LogP contribution in [-0.2, 0) is 27.7 Å². The minimum Gasteiger partial charge on any atom is -0.495 e. The first-order valence-corrected chi connectivity index (χ1v) is 15.0. The van der Waals surface area contributed by atoms with Gasteiger partial charge in [-0.3, -0.25) is 14.2 Å². The van der Waals surface area contributed by atoms with E-state index in [9.17, 15) is 32.3 Å². The van der Waals surface area contributed by atoms with Gasteiger partial charge in [0.05, 0.1) is 44.2 Å². The monoisotopic (exact) mass is 688 g/mol. The van der Waals surface area contributed by atoms with E-state index in [0.29, 0.717) is 11.3 Å². The average molecular weight is 689 g/mol. The minimum absolute atomic E-state index is 0.000429. The lowest BCUT2D eigenvalue weighted by Crippen LogP contribution is -2.53. The smallest absolute Gasteiger partial charge is 0.411 e. The summed E-state index contributed by atoms with van der Waals surface area (Å²) < 4.78 is 73.6. The van der Waals surface area contributed by atoms with Gasteiger partial charge in [-0.05, 0) is 43.2 Å². The number of aryl methyl sites for hydroxylation is 2. The number of amides is 1. The summed E-state index contributed by atoms with van der Waals surface area (Å²) in [4.78, 5) is 61.9. The summed E-state index contributed by atoms with van der Waals surface area (Å²) in [5, 5.41) is 2.46. The van der Waals surface area contributed by atoms with Crippen LogP contribution in [0.4, 0.5) is 23.2 Å². The number of carbonyl (C=O) groups excluding carboxylic acids is 2. The number of benzene rings is 1. The fourth-order valence-corrected chi connectivity index (χ4v) is 5.55. The van der Waals surface area contributed by atoms with Crippen molar-refractivity contribution >= 4 is 28.6 Å². The third kappa shape index (κ3) is 7.11. The van der Waals surface area contributed by atoms with Gasteiger partial charge in [-0.1, -0.05) is 6.07 Å². The Bertz CT molecular complexity index is 1990. The molecule has 3 aromatic heterocycles. The molecule has 260 valence electrons. The number of methoxy groups -OCH3 is 1. The average Bonchev–Trinajstić information content (AvgIpc) is 3.07. The molecular weight excluding hydrogens is 656 g/mol. The largest absolute Gasteiger partial charge is 0.495 e.